The smallest absolute Gasteiger partial charge is 0.234 e. The van der Waals surface area contributed by atoms with Crippen LogP contribution in [-0.2, 0) is 33.0 Å². The Balaban J connectivity index is 1.72. The molecule has 3 N–H and O–H groups in total. The van der Waals surface area contributed by atoms with Gasteiger partial charge in [-0.15, -0.1) is 0 Å². The van der Waals surface area contributed by atoms with E-state index in [1.807, 2.05) is 0 Å². The molecule has 1 atom stereocenters. The third kappa shape index (κ3) is 5.03. The Morgan fingerprint density at radius 2 is 1.81 bits per heavy atom. The van der Waals surface area contributed by atoms with Gasteiger partial charge in [0.25, 0.3) is 0 Å². The van der Waals surface area contributed by atoms with E-state index in [0.717, 1.165) is 0 Å². The van der Waals surface area contributed by atoms with Crippen LogP contribution in [0.25, 0.3) is 0 Å². The normalized spacial score (nSPS) is 16.7. The number of carbonyl (C=O) groups excluding carboxylic acids is 3. The van der Waals surface area contributed by atoms with Gasteiger partial charge in [0.05, 0.1) is 12.5 Å². The molecule has 1 fully saturated rings. The summed E-state index contributed by atoms with van der Waals surface area (Å²) in [6, 6.07) is 3.29. The molecular formula is C21H22Cl2N4O4. The molecule has 1 saturated heterocycles. The summed E-state index contributed by atoms with van der Waals surface area (Å²) in [6.45, 7) is 3.37. The maximum Gasteiger partial charge on any atom is 0.234 e. The highest BCUT2D eigenvalue weighted by molar-refractivity contribution is 6.36. The van der Waals surface area contributed by atoms with Gasteiger partial charge in [0, 0.05) is 46.5 Å². The Kier molecular flexibility index (Phi) is 6.93. The zero-order valence-electron chi connectivity index (χ0n) is 17.0. The number of carbonyl (C=O) groups is 3. The number of aliphatic hydroxyl groups is 1. The number of hydrogen-bond donors (Lipinski definition) is 3. The molecule has 0 bridgehead atoms. The van der Waals surface area contributed by atoms with Crippen LogP contribution in [0.3, 0.4) is 0 Å². The number of nitrogens with one attached hydrogen (secondary N) is 2. The van der Waals surface area contributed by atoms with E-state index in [4.69, 9.17) is 28.3 Å². The molecule has 1 aromatic carbocycles. The standard InChI is InChI=1S/C21H22Cl2N4O4/c1-21(2,19-24-8-12(10-28)9-25-19)20(31)26-7-11-5-14(22)17(15(23)6-11)13-3-4-16(29)27-18(13)30/h5-6,8-9,13,28H,3-4,7,10H2,1-2H3,(H,26,31)(H,27,29,30). The van der Waals surface area contributed by atoms with Crippen LogP contribution in [0.2, 0.25) is 10.0 Å². The summed E-state index contributed by atoms with van der Waals surface area (Å²) >= 11 is 12.8. The third-order valence-electron chi connectivity index (χ3n) is 5.19. The van der Waals surface area contributed by atoms with Crippen LogP contribution in [0.1, 0.15) is 55.1 Å². The number of aromatic nitrogens is 2. The summed E-state index contributed by atoms with van der Waals surface area (Å²) in [4.78, 5) is 44.6. The number of nitrogens with zero attached hydrogens (tertiary/aromatic N) is 2. The Labute approximate surface area is 189 Å². The van der Waals surface area contributed by atoms with Crippen molar-refractivity contribution in [1.29, 1.82) is 0 Å². The molecule has 1 aromatic heterocycles. The Bertz CT molecular complexity index is 1000. The van der Waals surface area contributed by atoms with Gasteiger partial charge in [0.15, 0.2) is 0 Å². The van der Waals surface area contributed by atoms with Crippen molar-refractivity contribution in [1.82, 2.24) is 20.6 Å². The maximum absolute atomic E-state index is 12.8. The number of aliphatic hydroxyl groups excluding tert-OH is 1. The summed E-state index contributed by atoms with van der Waals surface area (Å²) in [7, 11) is 0. The van der Waals surface area contributed by atoms with Crippen molar-refractivity contribution in [2.24, 2.45) is 0 Å². The van der Waals surface area contributed by atoms with E-state index in [1.165, 1.54) is 12.4 Å². The van der Waals surface area contributed by atoms with Crippen LogP contribution < -0.4 is 10.6 Å². The summed E-state index contributed by atoms with van der Waals surface area (Å²) in [5, 5.41) is 14.8. The lowest BCUT2D eigenvalue weighted by Gasteiger charge is -2.24. The Morgan fingerprint density at radius 1 is 1.19 bits per heavy atom. The lowest BCUT2D eigenvalue weighted by molar-refractivity contribution is -0.134. The van der Waals surface area contributed by atoms with Crippen molar-refractivity contribution in [3.63, 3.8) is 0 Å². The number of rotatable bonds is 6. The van der Waals surface area contributed by atoms with Gasteiger partial charge in [-0.3, -0.25) is 19.7 Å². The van der Waals surface area contributed by atoms with Crippen LogP contribution in [0, 0.1) is 0 Å². The van der Waals surface area contributed by atoms with Gasteiger partial charge in [-0.1, -0.05) is 23.2 Å². The summed E-state index contributed by atoms with van der Waals surface area (Å²) in [5.41, 5.74) is 0.682. The molecule has 8 nitrogen and oxygen atoms in total. The van der Waals surface area contributed by atoms with E-state index in [1.54, 1.807) is 26.0 Å². The van der Waals surface area contributed by atoms with E-state index >= 15 is 0 Å². The largest absolute Gasteiger partial charge is 0.392 e. The molecule has 10 heteroatoms. The summed E-state index contributed by atoms with van der Waals surface area (Å²) in [6.07, 6.45) is 3.51. The van der Waals surface area contributed by atoms with Crippen LogP contribution >= 0.6 is 23.2 Å². The molecule has 0 aliphatic carbocycles. The van der Waals surface area contributed by atoms with E-state index < -0.39 is 17.2 Å². The number of piperidine rings is 1. The number of hydrogen-bond acceptors (Lipinski definition) is 6. The minimum Gasteiger partial charge on any atom is -0.392 e. The number of imide groups is 1. The first-order valence-electron chi connectivity index (χ1n) is 9.65. The molecule has 1 aliphatic rings. The SMILES string of the molecule is CC(C)(C(=O)NCc1cc(Cl)c(C2CCC(=O)NC2=O)c(Cl)c1)c1ncc(CO)cn1. The second-order valence-corrected chi connectivity index (χ2v) is 8.67. The van der Waals surface area contributed by atoms with Crippen LogP contribution in [0.5, 0.6) is 0 Å². The second kappa shape index (κ2) is 9.30. The minimum absolute atomic E-state index is 0.159. The van der Waals surface area contributed by atoms with E-state index in [0.29, 0.717) is 39.0 Å². The maximum atomic E-state index is 12.8. The van der Waals surface area contributed by atoms with E-state index in [9.17, 15) is 14.4 Å². The van der Waals surface area contributed by atoms with E-state index in [2.05, 4.69) is 20.6 Å². The van der Waals surface area contributed by atoms with Crippen LogP contribution in [0.15, 0.2) is 24.5 Å². The highest BCUT2D eigenvalue weighted by atomic mass is 35.5. The number of amides is 3. The van der Waals surface area contributed by atoms with Crippen molar-refractivity contribution in [3.8, 4) is 0 Å². The zero-order valence-corrected chi connectivity index (χ0v) is 18.5. The molecule has 0 spiro atoms. The van der Waals surface area contributed by atoms with Crippen LogP contribution in [0.4, 0.5) is 0 Å². The first-order valence-corrected chi connectivity index (χ1v) is 10.4. The van der Waals surface area contributed by atoms with Gasteiger partial charge in [-0.25, -0.2) is 9.97 Å². The van der Waals surface area contributed by atoms with Crippen molar-refractivity contribution in [2.75, 3.05) is 0 Å². The number of halogens is 2. The van der Waals surface area contributed by atoms with Gasteiger partial charge < -0.3 is 10.4 Å². The monoisotopic (exact) mass is 464 g/mol. The van der Waals surface area contributed by atoms with Gasteiger partial charge in [-0.2, -0.15) is 0 Å². The zero-order chi connectivity index (χ0) is 22.8. The predicted molar refractivity (Wildman–Crippen MR) is 114 cm³/mol. The van der Waals surface area contributed by atoms with Gasteiger partial charge in [0.1, 0.15) is 11.2 Å². The molecule has 1 aliphatic heterocycles. The average molecular weight is 465 g/mol. The Morgan fingerprint density at radius 3 is 2.35 bits per heavy atom. The van der Waals surface area contributed by atoms with Gasteiger partial charge in [0.2, 0.25) is 17.7 Å². The molecule has 31 heavy (non-hydrogen) atoms. The van der Waals surface area contributed by atoms with Crippen molar-refractivity contribution in [3.05, 3.63) is 57.1 Å². The molecule has 1 unspecified atom stereocenters. The fourth-order valence-corrected chi connectivity index (χ4v) is 4.10. The van der Waals surface area contributed by atoms with E-state index in [-0.39, 0.29) is 31.4 Å². The van der Waals surface area contributed by atoms with Gasteiger partial charge in [-0.05, 0) is 38.0 Å². The van der Waals surface area contributed by atoms with Crippen molar-refractivity contribution in [2.45, 2.75) is 51.2 Å². The molecular weight excluding hydrogens is 443 g/mol. The molecule has 0 radical (unpaired) electrons. The quantitative estimate of drug-likeness (QED) is 0.564. The molecule has 3 amide bonds. The second-order valence-electron chi connectivity index (χ2n) is 7.86. The highest BCUT2D eigenvalue weighted by Crippen LogP contribution is 2.37. The molecule has 2 aromatic rings. The molecule has 164 valence electrons. The highest BCUT2D eigenvalue weighted by Gasteiger charge is 2.33. The molecule has 3 rings (SSSR count). The third-order valence-corrected chi connectivity index (χ3v) is 5.82. The first-order chi connectivity index (χ1) is 14.6. The summed E-state index contributed by atoms with van der Waals surface area (Å²) in [5.74, 6) is -1.31. The number of benzene rings is 1. The first kappa shape index (κ1) is 23.1. The summed E-state index contributed by atoms with van der Waals surface area (Å²) < 4.78 is 0. The Hall–Kier alpha value is -2.55. The lowest BCUT2D eigenvalue weighted by Crippen LogP contribution is -2.41. The molecule has 2 heterocycles. The average Bonchev–Trinajstić information content (AvgIpc) is 2.73. The fraction of sp³-hybridized carbons (Fsp3) is 0.381. The topological polar surface area (TPSA) is 121 Å². The van der Waals surface area contributed by atoms with Crippen molar-refractivity contribution < 1.29 is 19.5 Å². The fourth-order valence-electron chi connectivity index (χ4n) is 3.30. The molecule has 0 saturated carbocycles. The van der Waals surface area contributed by atoms with Crippen molar-refractivity contribution >= 4 is 40.9 Å². The predicted octanol–water partition coefficient (Wildman–Crippen LogP) is 2.39. The lowest BCUT2D eigenvalue weighted by atomic mass is 9.89. The van der Waals surface area contributed by atoms with Crippen LogP contribution in [-0.4, -0.2) is 32.8 Å². The van der Waals surface area contributed by atoms with Gasteiger partial charge >= 0.3 is 0 Å². The minimum atomic E-state index is -1.01.